The van der Waals surface area contributed by atoms with Gasteiger partial charge in [-0.15, -0.1) is 35.3 Å². The monoisotopic (exact) mass is 525 g/mol. The Labute approximate surface area is 190 Å². The minimum absolute atomic E-state index is 0. The molecule has 3 rings (SSSR count). The van der Waals surface area contributed by atoms with E-state index in [-0.39, 0.29) is 24.0 Å². The van der Waals surface area contributed by atoms with Gasteiger partial charge in [0.25, 0.3) is 0 Å². The number of piperidine rings is 1. The summed E-state index contributed by atoms with van der Waals surface area (Å²) in [5, 5.41) is 3.50. The molecule has 27 heavy (non-hydrogen) atoms. The van der Waals surface area contributed by atoms with Gasteiger partial charge in [-0.2, -0.15) is 0 Å². The van der Waals surface area contributed by atoms with E-state index in [0.717, 1.165) is 56.1 Å². The molecule has 2 aliphatic rings. The first-order valence-corrected chi connectivity index (χ1v) is 11.0. The summed E-state index contributed by atoms with van der Waals surface area (Å²) in [5.41, 5.74) is 0. The highest BCUT2D eigenvalue weighted by Gasteiger charge is 2.21. The molecule has 0 amide bonds. The van der Waals surface area contributed by atoms with Gasteiger partial charge in [-0.25, -0.2) is 0 Å². The highest BCUT2D eigenvalue weighted by molar-refractivity contribution is 14.0. The summed E-state index contributed by atoms with van der Waals surface area (Å²) in [5.74, 6) is 1.80. The van der Waals surface area contributed by atoms with Gasteiger partial charge in [-0.05, 0) is 51.4 Å². The van der Waals surface area contributed by atoms with Crippen molar-refractivity contribution in [2.45, 2.75) is 26.3 Å². The second-order valence-corrected chi connectivity index (χ2v) is 9.23. The van der Waals surface area contributed by atoms with Crippen LogP contribution in [0.15, 0.2) is 17.1 Å². The second-order valence-electron chi connectivity index (χ2n) is 7.43. The minimum Gasteiger partial charge on any atom is -0.357 e. The summed E-state index contributed by atoms with van der Waals surface area (Å²) >= 11 is 7.74. The number of rotatable bonds is 5. The molecule has 1 unspecified atom stereocenters. The standard InChI is InChI=1S/C19H32ClN5S.HI/c1-3-21-19(22-13-16-5-4-8-23(2)14-16)25-11-9-24(10-12-25)15-17-6-7-18(20)26-17;/h6-7,16H,3-5,8-15H2,1-2H3,(H,21,22);1H. The van der Waals surface area contributed by atoms with Gasteiger partial charge in [0.2, 0.25) is 0 Å². The van der Waals surface area contributed by atoms with E-state index in [4.69, 9.17) is 16.6 Å². The van der Waals surface area contributed by atoms with Crippen molar-refractivity contribution in [3.8, 4) is 0 Å². The lowest BCUT2D eigenvalue weighted by molar-refractivity contribution is 0.173. The first kappa shape index (κ1) is 23.2. The molecule has 0 aliphatic carbocycles. The number of halogens is 2. The van der Waals surface area contributed by atoms with Crippen LogP contribution < -0.4 is 5.32 Å². The first-order valence-electron chi connectivity index (χ1n) is 9.82. The lowest BCUT2D eigenvalue weighted by Crippen LogP contribution is -2.52. The maximum atomic E-state index is 6.05. The van der Waals surface area contributed by atoms with Crippen LogP contribution in [0.4, 0.5) is 0 Å². The fourth-order valence-corrected chi connectivity index (χ4v) is 4.97. The van der Waals surface area contributed by atoms with E-state index in [9.17, 15) is 0 Å². The van der Waals surface area contributed by atoms with Gasteiger partial charge in [0.15, 0.2) is 5.96 Å². The Bertz CT molecular complexity index is 588. The third-order valence-electron chi connectivity index (χ3n) is 5.24. The van der Waals surface area contributed by atoms with Gasteiger partial charge >= 0.3 is 0 Å². The lowest BCUT2D eigenvalue weighted by atomic mass is 9.99. The van der Waals surface area contributed by atoms with Gasteiger partial charge in [0.1, 0.15) is 0 Å². The number of piperazine rings is 1. The summed E-state index contributed by atoms with van der Waals surface area (Å²) in [7, 11) is 2.22. The van der Waals surface area contributed by atoms with Crippen LogP contribution in [0, 0.1) is 5.92 Å². The largest absolute Gasteiger partial charge is 0.357 e. The molecule has 2 saturated heterocycles. The second kappa shape index (κ2) is 11.8. The van der Waals surface area contributed by atoms with E-state index in [1.165, 1.54) is 30.8 Å². The number of guanidine groups is 1. The van der Waals surface area contributed by atoms with Gasteiger partial charge in [0.05, 0.1) is 4.34 Å². The Hall–Kier alpha value is -0.0900. The van der Waals surface area contributed by atoms with E-state index in [2.05, 4.69) is 40.1 Å². The van der Waals surface area contributed by atoms with E-state index in [1.54, 1.807) is 11.3 Å². The fourth-order valence-electron chi connectivity index (χ4n) is 3.84. The van der Waals surface area contributed by atoms with Crippen molar-refractivity contribution in [2.75, 3.05) is 59.4 Å². The molecule has 1 N–H and O–H groups in total. The predicted molar refractivity (Wildman–Crippen MR) is 128 cm³/mol. The van der Waals surface area contributed by atoms with Crippen LogP contribution in [-0.4, -0.2) is 80.1 Å². The van der Waals surface area contributed by atoms with Gasteiger partial charge in [-0.3, -0.25) is 9.89 Å². The normalized spacial score (nSPS) is 22.6. The van der Waals surface area contributed by atoms with Crippen molar-refractivity contribution in [1.82, 2.24) is 20.0 Å². The predicted octanol–water partition coefficient (Wildman–Crippen LogP) is 3.44. The lowest BCUT2D eigenvalue weighted by Gasteiger charge is -2.36. The van der Waals surface area contributed by atoms with Crippen LogP contribution in [-0.2, 0) is 6.54 Å². The highest BCUT2D eigenvalue weighted by atomic mass is 127. The highest BCUT2D eigenvalue weighted by Crippen LogP contribution is 2.23. The number of nitrogens with one attached hydrogen (secondary N) is 1. The van der Waals surface area contributed by atoms with Crippen LogP contribution in [0.25, 0.3) is 0 Å². The molecule has 0 radical (unpaired) electrons. The molecule has 8 heteroatoms. The van der Waals surface area contributed by atoms with Gasteiger partial charge < -0.3 is 15.1 Å². The molecule has 3 heterocycles. The summed E-state index contributed by atoms with van der Waals surface area (Å²) in [6, 6.07) is 4.14. The Morgan fingerprint density at radius 1 is 1.26 bits per heavy atom. The summed E-state index contributed by atoms with van der Waals surface area (Å²) in [6.45, 7) is 11.7. The number of hydrogen-bond donors (Lipinski definition) is 1. The zero-order valence-electron chi connectivity index (χ0n) is 16.5. The average Bonchev–Trinajstić information content (AvgIpc) is 3.04. The molecule has 0 bridgehead atoms. The topological polar surface area (TPSA) is 34.1 Å². The quantitative estimate of drug-likeness (QED) is 0.363. The molecular formula is C19H33ClIN5S. The first-order chi connectivity index (χ1) is 12.6. The Balaban J connectivity index is 0.00000261. The molecule has 1 aromatic rings. The third kappa shape index (κ3) is 7.34. The van der Waals surface area contributed by atoms with E-state index in [0.29, 0.717) is 5.92 Å². The molecule has 1 atom stereocenters. The summed E-state index contributed by atoms with van der Waals surface area (Å²) < 4.78 is 0.883. The van der Waals surface area contributed by atoms with Gasteiger partial charge in [-0.1, -0.05) is 11.6 Å². The van der Waals surface area contributed by atoms with Gasteiger partial charge in [0, 0.05) is 57.2 Å². The van der Waals surface area contributed by atoms with E-state index >= 15 is 0 Å². The molecule has 5 nitrogen and oxygen atoms in total. The SMILES string of the molecule is CCNC(=NCC1CCCN(C)C1)N1CCN(Cc2ccc(Cl)s2)CC1.I. The van der Waals surface area contributed by atoms with Crippen molar-refractivity contribution in [3.05, 3.63) is 21.3 Å². The third-order valence-corrected chi connectivity index (χ3v) is 6.45. The average molecular weight is 526 g/mol. The van der Waals surface area contributed by atoms with Crippen molar-refractivity contribution in [2.24, 2.45) is 10.9 Å². The number of likely N-dealkylation sites (tertiary alicyclic amines) is 1. The number of aliphatic imine (C=N–C) groups is 1. The fraction of sp³-hybridized carbons (Fsp3) is 0.737. The molecule has 2 aliphatic heterocycles. The molecule has 0 saturated carbocycles. The number of hydrogen-bond acceptors (Lipinski definition) is 4. The minimum atomic E-state index is 0. The Morgan fingerprint density at radius 3 is 2.67 bits per heavy atom. The molecule has 0 spiro atoms. The zero-order valence-corrected chi connectivity index (χ0v) is 20.4. The van der Waals surface area contributed by atoms with Crippen molar-refractivity contribution in [3.63, 3.8) is 0 Å². The van der Waals surface area contributed by atoms with Crippen LogP contribution in [0.2, 0.25) is 4.34 Å². The van der Waals surface area contributed by atoms with Crippen molar-refractivity contribution in [1.29, 1.82) is 0 Å². The van der Waals surface area contributed by atoms with Crippen LogP contribution in [0.5, 0.6) is 0 Å². The van der Waals surface area contributed by atoms with E-state index in [1.807, 2.05) is 6.07 Å². The molecular weight excluding hydrogens is 493 g/mol. The summed E-state index contributed by atoms with van der Waals surface area (Å²) in [6.07, 6.45) is 2.61. The van der Waals surface area contributed by atoms with Crippen molar-refractivity contribution >= 4 is 52.9 Å². The maximum Gasteiger partial charge on any atom is 0.194 e. The number of nitrogens with zero attached hydrogens (tertiary/aromatic N) is 4. The molecule has 0 aromatic carbocycles. The Kier molecular flexibility index (Phi) is 10.1. The van der Waals surface area contributed by atoms with Crippen LogP contribution >= 0.6 is 46.9 Å². The molecule has 2 fully saturated rings. The zero-order chi connectivity index (χ0) is 18.4. The molecule has 1 aromatic heterocycles. The maximum absolute atomic E-state index is 6.05. The van der Waals surface area contributed by atoms with Crippen molar-refractivity contribution < 1.29 is 0 Å². The Morgan fingerprint density at radius 2 is 2.04 bits per heavy atom. The summed E-state index contributed by atoms with van der Waals surface area (Å²) in [4.78, 5) is 13.7. The van der Waals surface area contributed by atoms with E-state index < -0.39 is 0 Å². The van der Waals surface area contributed by atoms with Crippen LogP contribution in [0.3, 0.4) is 0 Å². The number of thiophene rings is 1. The molecule has 154 valence electrons. The smallest absolute Gasteiger partial charge is 0.194 e. The van der Waals surface area contributed by atoms with Crippen LogP contribution in [0.1, 0.15) is 24.6 Å².